The first kappa shape index (κ1) is 34.8. The van der Waals surface area contributed by atoms with Gasteiger partial charge in [0.1, 0.15) is 12.7 Å². The van der Waals surface area contributed by atoms with Crippen molar-refractivity contribution in [3.8, 4) is 11.3 Å². The molecule has 0 amide bonds. The maximum atomic E-state index is 12.4. The van der Waals surface area contributed by atoms with Gasteiger partial charge in [0.2, 0.25) is 0 Å². The van der Waals surface area contributed by atoms with Crippen LogP contribution in [-0.4, -0.2) is 70.3 Å². The summed E-state index contributed by atoms with van der Waals surface area (Å²) in [5, 5.41) is 0.321. The van der Waals surface area contributed by atoms with E-state index in [-0.39, 0.29) is 6.61 Å². The number of carbonyl (C=O) groups is 4. The van der Waals surface area contributed by atoms with E-state index >= 15 is 0 Å². The number of hydrogen-bond donors (Lipinski definition) is 0. The third-order valence-electron chi connectivity index (χ3n) is 7.85. The molecule has 1 fully saturated rings. The zero-order valence-corrected chi connectivity index (χ0v) is 28.5. The highest BCUT2D eigenvalue weighted by Crippen LogP contribution is 2.42. The molecule has 1 aliphatic carbocycles. The van der Waals surface area contributed by atoms with E-state index in [1.165, 1.54) is 27.7 Å². The van der Waals surface area contributed by atoms with Crippen molar-refractivity contribution in [2.24, 2.45) is 0 Å². The number of esters is 4. The Morgan fingerprint density at radius 2 is 1.31 bits per heavy atom. The lowest BCUT2D eigenvalue weighted by Crippen LogP contribution is -2.61. The first-order chi connectivity index (χ1) is 22.9. The van der Waals surface area contributed by atoms with Gasteiger partial charge in [-0.05, 0) is 43.9 Å². The van der Waals surface area contributed by atoms with Crippen molar-refractivity contribution in [1.29, 1.82) is 0 Å². The second-order valence-corrected chi connectivity index (χ2v) is 12.9. The smallest absolute Gasteiger partial charge is 0.303 e. The predicted molar refractivity (Wildman–Crippen MR) is 177 cm³/mol. The molecule has 1 aromatic heterocycles. The number of fused-ring (bicyclic) bond motifs is 1. The van der Waals surface area contributed by atoms with Gasteiger partial charge in [0.25, 0.3) is 0 Å². The van der Waals surface area contributed by atoms with Crippen LogP contribution in [-0.2, 0) is 49.3 Å². The first-order valence-corrected chi connectivity index (χ1v) is 16.5. The van der Waals surface area contributed by atoms with Gasteiger partial charge in [-0.3, -0.25) is 19.2 Å². The molecule has 1 aliphatic heterocycles. The van der Waals surface area contributed by atoms with Crippen LogP contribution in [0.1, 0.15) is 62.1 Å². The average molecular weight is 675 g/mol. The molecule has 5 rings (SSSR count). The molecular weight excluding hydrogens is 636 g/mol. The van der Waals surface area contributed by atoms with Crippen molar-refractivity contribution < 1.29 is 42.9 Å². The van der Waals surface area contributed by atoms with E-state index in [4.69, 9.17) is 33.7 Å². The van der Waals surface area contributed by atoms with Gasteiger partial charge in [0.15, 0.2) is 28.9 Å². The number of ether oxygens (including phenoxy) is 5. The molecule has 2 aliphatic rings. The molecule has 0 spiro atoms. The summed E-state index contributed by atoms with van der Waals surface area (Å²) in [5.41, 5.74) is 6.81. The summed E-state index contributed by atoms with van der Waals surface area (Å²) in [6.45, 7) is 8.55. The highest BCUT2D eigenvalue weighted by molar-refractivity contribution is 7.99. The second kappa shape index (κ2) is 15.1. The van der Waals surface area contributed by atoms with Crippen molar-refractivity contribution in [3.63, 3.8) is 0 Å². The van der Waals surface area contributed by atoms with Crippen LogP contribution in [0.3, 0.4) is 0 Å². The van der Waals surface area contributed by atoms with Crippen LogP contribution in [0.2, 0.25) is 0 Å². The fourth-order valence-electron chi connectivity index (χ4n) is 5.74. The summed E-state index contributed by atoms with van der Waals surface area (Å²) in [4.78, 5) is 58.6. The summed E-state index contributed by atoms with van der Waals surface area (Å²) in [7, 11) is 0. The van der Waals surface area contributed by atoms with Gasteiger partial charge in [-0.15, -0.1) is 0 Å². The second-order valence-electron chi connectivity index (χ2n) is 11.8. The number of rotatable bonds is 9. The van der Waals surface area contributed by atoms with Gasteiger partial charge < -0.3 is 23.7 Å². The Hall–Kier alpha value is -4.55. The lowest BCUT2D eigenvalue weighted by molar-refractivity contribution is -0.237. The molecule has 0 saturated carbocycles. The maximum absolute atomic E-state index is 12.4. The van der Waals surface area contributed by atoms with Crippen LogP contribution in [0.4, 0.5) is 0 Å². The number of allylic oxidation sites excluding steroid dienone is 1. The standard InChI is InChI=1S/C36H38N2O9S/c1-19-7-11-25(12-8-19)17-27-15-16-28-30(26-13-9-20(2)10-14-26)37-36(38-31(27)28)48-35-34(46-24(6)42)33(45-23(5)41)32(44-22(4)40)29(47-35)18-43-21(3)39/h7-14,17,29,32-35H,15-16,18H2,1-6H3/b27-17+/t29-,32-,33+,34-,35+/m1/s1. The van der Waals surface area contributed by atoms with E-state index in [1.54, 1.807) is 0 Å². The topological polar surface area (TPSA) is 140 Å². The van der Waals surface area contributed by atoms with E-state index in [0.29, 0.717) is 5.16 Å². The number of aromatic nitrogens is 2. The Morgan fingerprint density at radius 1 is 0.750 bits per heavy atom. The Kier molecular flexibility index (Phi) is 11.0. The Balaban J connectivity index is 1.60. The molecule has 0 unspecified atom stereocenters. The summed E-state index contributed by atoms with van der Waals surface area (Å²) in [6.07, 6.45) is -1.21. The molecule has 2 heterocycles. The molecule has 0 radical (unpaired) electrons. The van der Waals surface area contributed by atoms with Crippen LogP contribution in [0.15, 0.2) is 53.7 Å². The molecular formula is C36H38N2O9S. The van der Waals surface area contributed by atoms with Crippen molar-refractivity contribution in [2.75, 3.05) is 6.61 Å². The third-order valence-corrected chi connectivity index (χ3v) is 8.85. The van der Waals surface area contributed by atoms with Gasteiger partial charge in [0.05, 0.1) is 11.4 Å². The normalized spacial score (nSPS) is 22.5. The zero-order chi connectivity index (χ0) is 34.5. The molecule has 2 aromatic carbocycles. The van der Waals surface area contributed by atoms with Gasteiger partial charge in [-0.1, -0.05) is 71.4 Å². The Bertz CT molecular complexity index is 1720. The number of carbonyl (C=O) groups excluding carboxylic acids is 4. The number of aryl methyl sites for hydroxylation is 2. The molecule has 5 atom stereocenters. The highest BCUT2D eigenvalue weighted by Gasteiger charge is 2.52. The van der Waals surface area contributed by atoms with Crippen molar-refractivity contribution in [3.05, 3.63) is 76.5 Å². The van der Waals surface area contributed by atoms with E-state index in [2.05, 4.69) is 30.3 Å². The fourth-order valence-corrected chi connectivity index (χ4v) is 6.78. The monoisotopic (exact) mass is 674 g/mol. The minimum Gasteiger partial charge on any atom is -0.463 e. The quantitative estimate of drug-likeness (QED) is 0.163. The average Bonchev–Trinajstić information content (AvgIpc) is 3.42. The molecule has 48 heavy (non-hydrogen) atoms. The Labute approximate surface area is 283 Å². The van der Waals surface area contributed by atoms with Crippen LogP contribution < -0.4 is 0 Å². The molecule has 3 aromatic rings. The SMILES string of the molecule is CC(=O)OC[C@H]1O[C@@H](Sc2nc3c(c(-c4ccc(C)cc4)n2)CC/C3=C\c2ccc(C)cc2)[C@H](OC(C)=O)[C@@H](OC(C)=O)[C@@H]1OC(C)=O. The van der Waals surface area contributed by atoms with E-state index in [9.17, 15) is 19.2 Å². The number of benzene rings is 2. The van der Waals surface area contributed by atoms with E-state index in [0.717, 1.165) is 69.4 Å². The van der Waals surface area contributed by atoms with Crippen LogP contribution in [0.5, 0.6) is 0 Å². The molecule has 0 bridgehead atoms. The van der Waals surface area contributed by atoms with Gasteiger partial charge in [-0.25, -0.2) is 9.97 Å². The fraction of sp³-hybridized carbons (Fsp3) is 0.389. The Morgan fingerprint density at radius 3 is 1.92 bits per heavy atom. The van der Waals surface area contributed by atoms with Crippen LogP contribution in [0, 0.1) is 13.8 Å². The number of thioether (sulfide) groups is 1. The lowest BCUT2D eigenvalue weighted by Gasteiger charge is -2.43. The molecule has 12 heteroatoms. The summed E-state index contributed by atoms with van der Waals surface area (Å²) >= 11 is 1.07. The third kappa shape index (κ3) is 8.48. The molecule has 252 valence electrons. The minimum atomic E-state index is -1.29. The lowest BCUT2D eigenvalue weighted by atomic mass is 9.99. The van der Waals surface area contributed by atoms with Crippen LogP contribution in [0.25, 0.3) is 22.9 Å². The van der Waals surface area contributed by atoms with Gasteiger partial charge in [-0.2, -0.15) is 0 Å². The van der Waals surface area contributed by atoms with Crippen molar-refractivity contribution in [2.45, 2.75) is 89.4 Å². The van der Waals surface area contributed by atoms with Crippen molar-refractivity contribution in [1.82, 2.24) is 9.97 Å². The number of nitrogens with zero attached hydrogens (tertiary/aromatic N) is 2. The molecule has 0 N–H and O–H groups in total. The highest BCUT2D eigenvalue weighted by atomic mass is 32.2. The summed E-state index contributed by atoms with van der Waals surface area (Å²) in [6, 6.07) is 16.3. The van der Waals surface area contributed by atoms with Gasteiger partial charge >= 0.3 is 23.9 Å². The predicted octanol–water partition coefficient (Wildman–Crippen LogP) is 5.42. The zero-order valence-electron chi connectivity index (χ0n) is 27.7. The minimum absolute atomic E-state index is 0.321. The van der Waals surface area contributed by atoms with Gasteiger partial charge in [0, 0.05) is 38.8 Å². The first-order valence-electron chi connectivity index (χ1n) is 15.6. The maximum Gasteiger partial charge on any atom is 0.303 e. The van der Waals surface area contributed by atoms with E-state index in [1.807, 2.05) is 38.1 Å². The van der Waals surface area contributed by atoms with E-state index < -0.39 is 53.7 Å². The molecule has 1 saturated heterocycles. The summed E-state index contributed by atoms with van der Waals surface area (Å²) < 4.78 is 28.4. The van der Waals surface area contributed by atoms with Crippen LogP contribution >= 0.6 is 11.8 Å². The number of hydrogen-bond acceptors (Lipinski definition) is 12. The van der Waals surface area contributed by atoms with Crippen molar-refractivity contribution >= 4 is 47.3 Å². The summed E-state index contributed by atoms with van der Waals surface area (Å²) in [5.74, 6) is -2.66. The molecule has 11 nitrogen and oxygen atoms in total. The largest absolute Gasteiger partial charge is 0.463 e.